The maximum Gasteiger partial charge on any atom is 0.251 e. The molecule has 0 heterocycles. The van der Waals surface area contributed by atoms with Gasteiger partial charge in [-0.3, -0.25) is 9.59 Å². The van der Waals surface area contributed by atoms with Crippen LogP contribution in [-0.2, 0) is 4.79 Å². The Bertz CT molecular complexity index is 1010. The van der Waals surface area contributed by atoms with Gasteiger partial charge in [-0.15, -0.1) is 0 Å². The van der Waals surface area contributed by atoms with Gasteiger partial charge in [0.2, 0.25) is 5.91 Å². The fourth-order valence-corrected chi connectivity index (χ4v) is 3.05. The van der Waals surface area contributed by atoms with Crippen molar-refractivity contribution in [3.8, 4) is 0 Å². The number of benzene rings is 3. The molecule has 1 saturated carbocycles. The molecule has 142 valence electrons. The van der Waals surface area contributed by atoms with Crippen LogP contribution in [0.15, 0.2) is 66.7 Å². The first-order valence-electron chi connectivity index (χ1n) is 9.55. The predicted octanol–water partition coefficient (Wildman–Crippen LogP) is 4.17. The van der Waals surface area contributed by atoms with Gasteiger partial charge in [-0.1, -0.05) is 30.3 Å². The van der Waals surface area contributed by atoms with Gasteiger partial charge in [0.15, 0.2) is 0 Å². The lowest BCUT2D eigenvalue weighted by Crippen LogP contribution is -2.31. The molecular weight excluding hydrogens is 350 g/mol. The van der Waals surface area contributed by atoms with E-state index >= 15 is 0 Å². The molecule has 1 fully saturated rings. The van der Waals surface area contributed by atoms with E-state index in [2.05, 4.69) is 16.0 Å². The number of amides is 2. The minimum atomic E-state index is -0.419. The SMILES string of the molecule is CC(Nc1ccc(C(=O)NC2CC2)cc1)C(=O)Nc1ccc2ccccc2c1. The Balaban J connectivity index is 1.36. The predicted molar refractivity (Wildman–Crippen MR) is 113 cm³/mol. The minimum Gasteiger partial charge on any atom is -0.374 e. The maximum atomic E-state index is 12.5. The quantitative estimate of drug-likeness (QED) is 0.607. The van der Waals surface area contributed by atoms with Crippen molar-refractivity contribution in [3.05, 3.63) is 72.3 Å². The molecule has 0 spiro atoms. The summed E-state index contributed by atoms with van der Waals surface area (Å²) in [6.07, 6.45) is 2.13. The fourth-order valence-electron chi connectivity index (χ4n) is 3.05. The molecule has 4 rings (SSSR count). The molecule has 5 heteroatoms. The van der Waals surface area contributed by atoms with Crippen molar-refractivity contribution in [2.75, 3.05) is 10.6 Å². The third kappa shape index (κ3) is 4.31. The highest BCUT2D eigenvalue weighted by Gasteiger charge is 2.23. The van der Waals surface area contributed by atoms with E-state index in [0.717, 1.165) is 35.0 Å². The Kier molecular flexibility index (Phi) is 4.98. The molecule has 1 aliphatic carbocycles. The summed E-state index contributed by atoms with van der Waals surface area (Å²) in [6.45, 7) is 1.81. The molecule has 3 aromatic rings. The van der Waals surface area contributed by atoms with Gasteiger partial charge >= 0.3 is 0 Å². The van der Waals surface area contributed by atoms with Gasteiger partial charge in [0.1, 0.15) is 6.04 Å². The summed E-state index contributed by atoms with van der Waals surface area (Å²) in [7, 11) is 0. The molecule has 0 aromatic heterocycles. The minimum absolute atomic E-state index is 0.0452. The summed E-state index contributed by atoms with van der Waals surface area (Å²) >= 11 is 0. The van der Waals surface area contributed by atoms with Crippen molar-refractivity contribution in [1.29, 1.82) is 0 Å². The van der Waals surface area contributed by atoms with E-state index in [9.17, 15) is 9.59 Å². The molecule has 0 aliphatic heterocycles. The van der Waals surface area contributed by atoms with Crippen molar-refractivity contribution in [3.63, 3.8) is 0 Å². The van der Waals surface area contributed by atoms with Gasteiger partial charge in [0, 0.05) is 23.0 Å². The lowest BCUT2D eigenvalue weighted by Gasteiger charge is -2.16. The van der Waals surface area contributed by atoms with Crippen molar-refractivity contribution in [1.82, 2.24) is 5.32 Å². The van der Waals surface area contributed by atoms with Crippen LogP contribution in [0.4, 0.5) is 11.4 Å². The third-order valence-corrected chi connectivity index (χ3v) is 4.85. The molecule has 0 radical (unpaired) electrons. The smallest absolute Gasteiger partial charge is 0.251 e. The Hall–Kier alpha value is -3.34. The molecule has 1 unspecified atom stereocenters. The normalized spacial score (nSPS) is 14.3. The standard InChI is InChI=1S/C23H23N3O2/c1-15(22(27)26-21-11-6-16-4-2-3-5-18(16)14-21)24-19-9-7-17(8-10-19)23(28)25-20-12-13-20/h2-11,14-15,20,24H,12-13H2,1H3,(H,25,28)(H,26,27). The molecule has 3 N–H and O–H groups in total. The molecule has 0 bridgehead atoms. The van der Waals surface area contributed by atoms with Gasteiger partial charge in [0.05, 0.1) is 0 Å². The van der Waals surface area contributed by atoms with Crippen LogP contribution in [0.1, 0.15) is 30.1 Å². The Morgan fingerprint density at radius 1 is 0.893 bits per heavy atom. The second-order valence-electron chi connectivity index (χ2n) is 7.24. The van der Waals surface area contributed by atoms with Gasteiger partial charge in [-0.25, -0.2) is 0 Å². The molecule has 3 aromatic carbocycles. The Labute approximate surface area is 164 Å². The first-order valence-corrected chi connectivity index (χ1v) is 9.55. The van der Waals surface area contributed by atoms with E-state index in [0.29, 0.717) is 11.6 Å². The van der Waals surface area contributed by atoms with Gasteiger partial charge in [0.25, 0.3) is 5.91 Å². The van der Waals surface area contributed by atoms with Crippen LogP contribution < -0.4 is 16.0 Å². The molecule has 5 nitrogen and oxygen atoms in total. The Morgan fingerprint density at radius 2 is 1.57 bits per heavy atom. The highest BCUT2D eigenvalue weighted by atomic mass is 16.2. The van der Waals surface area contributed by atoms with Crippen molar-refractivity contribution in [2.24, 2.45) is 0 Å². The number of rotatable bonds is 6. The average Bonchev–Trinajstić information content (AvgIpc) is 3.52. The van der Waals surface area contributed by atoms with E-state index in [1.807, 2.05) is 61.5 Å². The van der Waals surface area contributed by atoms with E-state index in [1.165, 1.54) is 0 Å². The Morgan fingerprint density at radius 3 is 2.29 bits per heavy atom. The second-order valence-corrected chi connectivity index (χ2v) is 7.24. The van der Waals surface area contributed by atoms with Gasteiger partial charge < -0.3 is 16.0 Å². The van der Waals surface area contributed by atoms with Crippen LogP contribution >= 0.6 is 0 Å². The van der Waals surface area contributed by atoms with Crippen LogP contribution in [0.2, 0.25) is 0 Å². The summed E-state index contributed by atoms with van der Waals surface area (Å²) in [5.74, 6) is -0.165. The first-order chi connectivity index (χ1) is 13.6. The summed E-state index contributed by atoms with van der Waals surface area (Å²) in [5, 5.41) is 11.3. The maximum absolute atomic E-state index is 12.5. The number of fused-ring (bicyclic) bond motifs is 1. The number of anilines is 2. The number of carbonyl (C=O) groups excluding carboxylic acids is 2. The van der Waals surface area contributed by atoms with E-state index in [-0.39, 0.29) is 11.8 Å². The van der Waals surface area contributed by atoms with Crippen molar-refractivity contribution < 1.29 is 9.59 Å². The zero-order valence-electron chi connectivity index (χ0n) is 15.7. The van der Waals surface area contributed by atoms with Crippen molar-refractivity contribution in [2.45, 2.75) is 31.8 Å². The first kappa shape index (κ1) is 18.0. The second kappa shape index (κ2) is 7.72. The lowest BCUT2D eigenvalue weighted by molar-refractivity contribution is -0.116. The zero-order valence-corrected chi connectivity index (χ0v) is 15.7. The summed E-state index contributed by atoms with van der Waals surface area (Å²) < 4.78 is 0. The van der Waals surface area contributed by atoms with Crippen LogP contribution in [0.25, 0.3) is 10.8 Å². The fraction of sp³-hybridized carbons (Fsp3) is 0.217. The molecule has 1 aliphatic rings. The van der Waals surface area contributed by atoms with Crippen LogP contribution in [-0.4, -0.2) is 23.9 Å². The number of hydrogen-bond donors (Lipinski definition) is 3. The number of nitrogens with one attached hydrogen (secondary N) is 3. The average molecular weight is 373 g/mol. The highest BCUT2D eigenvalue weighted by molar-refractivity contribution is 5.98. The molecule has 1 atom stereocenters. The summed E-state index contributed by atoms with van der Waals surface area (Å²) in [4.78, 5) is 24.6. The third-order valence-electron chi connectivity index (χ3n) is 4.85. The van der Waals surface area contributed by atoms with Gasteiger partial charge in [-0.2, -0.15) is 0 Å². The summed E-state index contributed by atoms with van der Waals surface area (Å²) in [5.41, 5.74) is 2.19. The monoisotopic (exact) mass is 373 g/mol. The topological polar surface area (TPSA) is 70.2 Å². The van der Waals surface area contributed by atoms with Crippen LogP contribution in [0.5, 0.6) is 0 Å². The molecule has 0 saturated heterocycles. The zero-order chi connectivity index (χ0) is 19.5. The number of carbonyl (C=O) groups is 2. The van der Waals surface area contributed by atoms with Crippen molar-refractivity contribution >= 4 is 34.0 Å². The van der Waals surface area contributed by atoms with E-state index in [1.54, 1.807) is 12.1 Å². The van der Waals surface area contributed by atoms with Gasteiger partial charge in [-0.05, 0) is 66.9 Å². The highest BCUT2D eigenvalue weighted by Crippen LogP contribution is 2.21. The number of hydrogen-bond acceptors (Lipinski definition) is 3. The van der Waals surface area contributed by atoms with E-state index < -0.39 is 6.04 Å². The van der Waals surface area contributed by atoms with E-state index in [4.69, 9.17) is 0 Å². The molecular formula is C23H23N3O2. The molecule has 28 heavy (non-hydrogen) atoms. The van der Waals surface area contributed by atoms with Crippen LogP contribution in [0.3, 0.4) is 0 Å². The van der Waals surface area contributed by atoms with Crippen LogP contribution in [0, 0.1) is 0 Å². The molecule has 2 amide bonds. The largest absolute Gasteiger partial charge is 0.374 e. The summed E-state index contributed by atoms with van der Waals surface area (Å²) in [6, 6.07) is 21.0. The lowest BCUT2D eigenvalue weighted by atomic mass is 10.1.